The third-order valence-corrected chi connectivity index (χ3v) is 6.26. The van der Waals surface area contributed by atoms with Crippen molar-refractivity contribution in [2.45, 2.75) is 26.7 Å². The summed E-state index contributed by atoms with van der Waals surface area (Å²) in [4.78, 5) is 25.8. The Kier molecular flexibility index (Phi) is 6.94. The van der Waals surface area contributed by atoms with Crippen LogP contribution in [0.4, 0.5) is 4.79 Å². The molecule has 3 aromatic rings. The first-order chi connectivity index (χ1) is 15.0. The lowest BCUT2D eigenvalue weighted by atomic mass is 10.1. The topological polar surface area (TPSA) is 58.6 Å². The smallest absolute Gasteiger partial charge is 0.410 e. The number of pyridine rings is 1. The summed E-state index contributed by atoms with van der Waals surface area (Å²) in [5.74, 6) is 0.576. The molecule has 3 heterocycles. The van der Waals surface area contributed by atoms with E-state index in [1.165, 1.54) is 0 Å². The monoisotopic (exact) mass is 436 g/mol. The number of aromatic nitrogens is 2. The second-order valence-electron chi connectivity index (χ2n) is 7.90. The van der Waals surface area contributed by atoms with Crippen LogP contribution in [0.3, 0.4) is 0 Å². The Bertz CT molecular complexity index is 1010. The molecule has 1 saturated heterocycles. The van der Waals surface area contributed by atoms with Gasteiger partial charge in [-0.15, -0.1) is 11.3 Å². The number of nitrogens with zero attached hydrogens (tertiary/aromatic N) is 4. The van der Waals surface area contributed by atoms with Gasteiger partial charge in [-0.2, -0.15) is 0 Å². The molecule has 162 valence electrons. The third kappa shape index (κ3) is 6.12. The van der Waals surface area contributed by atoms with Gasteiger partial charge in [0, 0.05) is 62.3 Å². The molecule has 31 heavy (non-hydrogen) atoms. The lowest BCUT2D eigenvalue weighted by Gasteiger charge is -2.33. The molecular weight excluding hydrogens is 408 g/mol. The summed E-state index contributed by atoms with van der Waals surface area (Å²) in [6.07, 6.45) is 1.44. The standard InChI is InChI=1S/C24H28N4O2S/c1-18-4-3-5-21(25-18)16-20-6-8-23(9-7-20)30-24(29)28-14-12-27(13-15-28)11-10-22-17-31-19(2)26-22/h3-9,17H,10-16H2,1-2H3. The molecule has 4 rings (SSSR count). The number of rotatable bonds is 6. The zero-order valence-corrected chi connectivity index (χ0v) is 18.9. The van der Waals surface area contributed by atoms with E-state index in [1.54, 1.807) is 16.2 Å². The summed E-state index contributed by atoms with van der Waals surface area (Å²) in [5.41, 5.74) is 4.35. The van der Waals surface area contributed by atoms with Crippen LogP contribution in [0, 0.1) is 13.8 Å². The van der Waals surface area contributed by atoms with Gasteiger partial charge in [-0.3, -0.25) is 9.88 Å². The first kappa shape index (κ1) is 21.5. The molecule has 7 heteroatoms. The number of hydrogen-bond donors (Lipinski definition) is 0. The average Bonchev–Trinajstić information content (AvgIpc) is 3.19. The van der Waals surface area contributed by atoms with Gasteiger partial charge in [0.2, 0.25) is 0 Å². The summed E-state index contributed by atoms with van der Waals surface area (Å²) in [6, 6.07) is 13.7. The number of hydrogen-bond acceptors (Lipinski definition) is 6. The third-order valence-electron chi connectivity index (χ3n) is 5.44. The highest BCUT2D eigenvalue weighted by Gasteiger charge is 2.22. The molecule has 0 N–H and O–H groups in total. The molecule has 2 aromatic heterocycles. The molecule has 0 aliphatic carbocycles. The second kappa shape index (κ2) is 10.0. The van der Waals surface area contributed by atoms with Crippen molar-refractivity contribution in [1.29, 1.82) is 0 Å². The minimum Gasteiger partial charge on any atom is -0.410 e. The predicted molar refractivity (Wildman–Crippen MR) is 123 cm³/mol. The number of benzene rings is 1. The number of thiazole rings is 1. The molecule has 1 aliphatic heterocycles. The summed E-state index contributed by atoms with van der Waals surface area (Å²) in [7, 11) is 0. The molecule has 0 saturated carbocycles. The van der Waals surface area contributed by atoms with Gasteiger partial charge in [0.1, 0.15) is 5.75 Å². The lowest BCUT2D eigenvalue weighted by molar-refractivity contribution is 0.111. The zero-order chi connectivity index (χ0) is 21.6. The molecule has 1 aromatic carbocycles. The van der Waals surface area contributed by atoms with E-state index in [1.807, 2.05) is 56.3 Å². The molecule has 1 fully saturated rings. The van der Waals surface area contributed by atoms with Gasteiger partial charge in [-0.05, 0) is 43.7 Å². The van der Waals surface area contributed by atoms with Crippen molar-refractivity contribution in [2.75, 3.05) is 32.7 Å². The van der Waals surface area contributed by atoms with Crippen LogP contribution in [-0.2, 0) is 12.8 Å². The van der Waals surface area contributed by atoms with E-state index >= 15 is 0 Å². The number of amides is 1. The maximum Gasteiger partial charge on any atom is 0.415 e. The van der Waals surface area contributed by atoms with Crippen LogP contribution in [0.1, 0.15) is 27.7 Å². The van der Waals surface area contributed by atoms with Crippen LogP contribution in [0.2, 0.25) is 0 Å². The molecule has 0 unspecified atom stereocenters. The fraction of sp³-hybridized carbons (Fsp3) is 0.375. The van der Waals surface area contributed by atoms with E-state index in [0.717, 1.165) is 60.1 Å². The molecule has 1 aliphatic rings. The quantitative estimate of drug-likeness (QED) is 0.582. The number of carbonyl (C=O) groups is 1. The van der Waals surface area contributed by atoms with Gasteiger partial charge in [0.15, 0.2) is 0 Å². The summed E-state index contributed by atoms with van der Waals surface area (Å²) in [6.45, 7) is 8.10. The van der Waals surface area contributed by atoms with Gasteiger partial charge >= 0.3 is 6.09 Å². The van der Waals surface area contributed by atoms with Crippen LogP contribution in [0.25, 0.3) is 0 Å². The largest absolute Gasteiger partial charge is 0.415 e. The van der Waals surface area contributed by atoms with E-state index in [2.05, 4.69) is 20.2 Å². The summed E-state index contributed by atoms with van der Waals surface area (Å²) < 4.78 is 5.59. The number of piperazine rings is 1. The first-order valence-corrected chi connectivity index (χ1v) is 11.5. The highest BCUT2D eigenvalue weighted by Crippen LogP contribution is 2.17. The van der Waals surface area contributed by atoms with E-state index in [9.17, 15) is 4.79 Å². The van der Waals surface area contributed by atoms with Crippen LogP contribution in [-0.4, -0.2) is 58.6 Å². The van der Waals surface area contributed by atoms with Gasteiger partial charge in [-0.1, -0.05) is 18.2 Å². The Morgan fingerprint density at radius 1 is 1.00 bits per heavy atom. The van der Waals surface area contributed by atoms with E-state index in [-0.39, 0.29) is 6.09 Å². The van der Waals surface area contributed by atoms with E-state index in [0.29, 0.717) is 18.8 Å². The van der Waals surface area contributed by atoms with Crippen molar-refractivity contribution in [2.24, 2.45) is 0 Å². The van der Waals surface area contributed by atoms with Gasteiger partial charge in [-0.25, -0.2) is 9.78 Å². The molecule has 1 amide bonds. The highest BCUT2D eigenvalue weighted by molar-refractivity contribution is 7.09. The fourth-order valence-corrected chi connectivity index (χ4v) is 4.34. The van der Waals surface area contributed by atoms with Crippen LogP contribution in [0.15, 0.2) is 47.8 Å². The second-order valence-corrected chi connectivity index (χ2v) is 8.96. The van der Waals surface area contributed by atoms with Crippen LogP contribution < -0.4 is 4.74 Å². The number of aryl methyl sites for hydroxylation is 2. The first-order valence-electron chi connectivity index (χ1n) is 10.7. The van der Waals surface area contributed by atoms with Crippen molar-refractivity contribution in [3.05, 3.63) is 75.5 Å². The predicted octanol–water partition coefficient (Wildman–Crippen LogP) is 4.10. The van der Waals surface area contributed by atoms with Gasteiger partial charge < -0.3 is 9.64 Å². The summed E-state index contributed by atoms with van der Waals surface area (Å²) in [5, 5.41) is 3.24. The Hall–Kier alpha value is -2.77. The Morgan fingerprint density at radius 2 is 1.77 bits per heavy atom. The summed E-state index contributed by atoms with van der Waals surface area (Å²) >= 11 is 1.70. The maximum atomic E-state index is 12.5. The van der Waals surface area contributed by atoms with Crippen LogP contribution >= 0.6 is 11.3 Å². The van der Waals surface area contributed by atoms with Crippen molar-refractivity contribution < 1.29 is 9.53 Å². The molecule has 6 nitrogen and oxygen atoms in total. The minimum absolute atomic E-state index is 0.275. The minimum atomic E-state index is -0.275. The Balaban J connectivity index is 1.22. The number of ether oxygens (including phenoxy) is 1. The van der Waals surface area contributed by atoms with Crippen molar-refractivity contribution in [3.63, 3.8) is 0 Å². The Morgan fingerprint density at radius 3 is 2.45 bits per heavy atom. The SMILES string of the molecule is Cc1cccc(Cc2ccc(OC(=O)N3CCN(CCc4csc(C)n4)CC3)cc2)n1. The lowest BCUT2D eigenvalue weighted by Crippen LogP contribution is -2.49. The highest BCUT2D eigenvalue weighted by atomic mass is 32.1. The number of carbonyl (C=O) groups excluding carboxylic acids is 1. The van der Waals surface area contributed by atoms with Crippen molar-refractivity contribution >= 4 is 17.4 Å². The van der Waals surface area contributed by atoms with E-state index in [4.69, 9.17) is 4.74 Å². The van der Waals surface area contributed by atoms with Crippen molar-refractivity contribution in [3.8, 4) is 5.75 Å². The van der Waals surface area contributed by atoms with E-state index < -0.39 is 0 Å². The molecule has 0 radical (unpaired) electrons. The maximum absolute atomic E-state index is 12.5. The van der Waals surface area contributed by atoms with Crippen molar-refractivity contribution in [1.82, 2.24) is 19.8 Å². The molecule has 0 spiro atoms. The Labute approximate surface area is 187 Å². The van der Waals surface area contributed by atoms with Gasteiger partial charge in [0.25, 0.3) is 0 Å². The average molecular weight is 437 g/mol. The normalized spacial score (nSPS) is 14.6. The molecule has 0 atom stereocenters. The zero-order valence-electron chi connectivity index (χ0n) is 18.1. The molecular formula is C24H28N4O2S. The fourth-order valence-electron chi connectivity index (χ4n) is 3.70. The van der Waals surface area contributed by atoms with Crippen LogP contribution in [0.5, 0.6) is 5.75 Å². The van der Waals surface area contributed by atoms with Gasteiger partial charge in [0.05, 0.1) is 10.7 Å². The molecule has 0 bridgehead atoms.